The predicted molar refractivity (Wildman–Crippen MR) is 97.4 cm³/mol. The summed E-state index contributed by atoms with van der Waals surface area (Å²) in [6, 6.07) is 14.5. The number of amides is 1. The van der Waals surface area contributed by atoms with Crippen molar-refractivity contribution in [3.05, 3.63) is 83.6 Å². The van der Waals surface area contributed by atoms with Crippen LogP contribution >= 0.6 is 0 Å². The number of carbonyl (C=O) groups is 1. The average Bonchev–Trinajstić information content (AvgIpc) is 2.62. The van der Waals surface area contributed by atoms with Crippen LogP contribution in [0, 0.1) is 18.6 Å². The average molecular weight is 353 g/mol. The van der Waals surface area contributed by atoms with Gasteiger partial charge in [0.25, 0.3) is 0 Å². The fourth-order valence-corrected chi connectivity index (χ4v) is 2.38. The highest BCUT2D eigenvalue weighted by Crippen LogP contribution is 2.23. The summed E-state index contributed by atoms with van der Waals surface area (Å²) in [6.45, 7) is 1.98. The summed E-state index contributed by atoms with van der Waals surface area (Å²) >= 11 is 0. The molecular weight excluding hydrogens is 336 g/mol. The first-order chi connectivity index (χ1) is 12.5. The summed E-state index contributed by atoms with van der Waals surface area (Å²) in [7, 11) is 0. The lowest BCUT2D eigenvalue weighted by molar-refractivity contribution is -0.115. The molecule has 26 heavy (non-hydrogen) atoms. The lowest BCUT2D eigenvalue weighted by Crippen LogP contribution is -2.15. The Balaban J connectivity index is 1.62. The van der Waals surface area contributed by atoms with Crippen molar-refractivity contribution in [2.24, 2.45) is 0 Å². The van der Waals surface area contributed by atoms with E-state index in [0.29, 0.717) is 11.5 Å². The molecule has 0 aliphatic heterocycles. The number of aromatic nitrogens is 1. The number of aryl methyl sites for hydroxylation is 1. The molecule has 3 aromatic rings. The summed E-state index contributed by atoms with van der Waals surface area (Å²) in [6.07, 6.45) is 1.63. The molecule has 0 saturated carbocycles. The van der Waals surface area contributed by atoms with E-state index in [-0.39, 0.29) is 18.0 Å². The normalized spacial score (nSPS) is 10.4. The van der Waals surface area contributed by atoms with Crippen LogP contribution in [-0.2, 0) is 11.2 Å². The molecule has 2 aromatic carbocycles. The molecule has 0 saturated heterocycles. The van der Waals surface area contributed by atoms with Crippen molar-refractivity contribution in [2.75, 3.05) is 10.6 Å². The van der Waals surface area contributed by atoms with E-state index in [1.54, 1.807) is 12.1 Å². The molecule has 6 heteroatoms. The number of nitrogens with zero attached hydrogens (tertiary/aromatic N) is 1. The van der Waals surface area contributed by atoms with Crippen molar-refractivity contribution in [1.82, 2.24) is 4.98 Å². The number of rotatable bonds is 5. The predicted octanol–water partition coefficient (Wildman–Crippen LogP) is 4.59. The van der Waals surface area contributed by atoms with Gasteiger partial charge in [-0.25, -0.2) is 13.8 Å². The smallest absolute Gasteiger partial charge is 0.229 e. The van der Waals surface area contributed by atoms with Crippen LogP contribution in [0.5, 0.6) is 0 Å². The number of para-hydroxylation sites is 1. The highest BCUT2D eigenvalue weighted by atomic mass is 19.1. The lowest BCUT2D eigenvalue weighted by atomic mass is 10.1. The van der Waals surface area contributed by atoms with Gasteiger partial charge in [0.1, 0.15) is 23.1 Å². The summed E-state index contributed by atoms with van der Waals surface area (Å²) in [5, 5.41) is 5.33. The van der Waals surface area contributed by atoms with Crippen LogP contribution in [0.25, 0.3) is 0 Å². The minimum Gasteiger partial charge on any atom is -0.349 e. The minimum absolute atomic E-state index is 0.192. The van der Waals surface area contributed by atoms with Crippen molar-refractivity contribution < 1.29 is 13.6 Å². The van der Waals surface area contributed by atoms with Crippen molar-refractivity contribution in [1.29, 1.82) is 0 Å². The molecule has 1 amide bonds. The molecule has 0 atom stereocenters. The Labute approximate surface area is 149 Å². The molecule has 0 fully saturated rings. The number of hydrogen-bond acceptors (Lipinski definition) is 3. The molecule has 4 nitrogen and oxygen atoms in total. The van der Waals surface area contributed by atoms with E-state index >= 15 is 0 Å². The van der Waals surface area contributed by atoms with Gasteiger partial charge in [-0.1, -0.05) is 35.9 Å². The van der Waals surface area contributed by atoms with Crippen LogP contribution in [0.4, 0.5) is 26.0 Å². The maximum Gasteiger partial charge on any atom is 0.229 e. The van der Waals surface area contributed by atoms with Crippen LogP contribution in [0.15, 0.2) is 60.8 Å². The lowest BCUT2D eigenvalue weighted by Gasteiger charge is -2.09. The number of benzene rings is 2. The highest BCUT2D eigenvalue weighted by molar-refractivity contribution is 5.91. The Morgan fingerprint density at radius 1 is 1.00 bits per heavy atom. The molecule has 0 bridgehead atoms. The van der Waals surface area contributed by atoms with Crippen molar-refractivity contribution in [3.63, 3.8) is 0 Å². The molecular formula is C20H17F2N3O. The molecule has 3 rings (SSSR count). The fourth-order valence-electron chi connectivity index (χ4n) is 2.38. The number of halogens is 2. The number of anilines is 3. The largest absolute Gasteiger partial charge is 0.349 e. The molecule has 0 radical (unpaired) electrons. The first kappa shape index (κ1) is 17.5. The number of hydrogen-bond donors (Lipinski definition) is 2. The first-order valence-corrected chi connectivity index (χ1v) is 8.04. The van der Waals surface area contributed by atoms with Gasteiger partial charge in [-0.2, -0.15) is 0 Å². The summed E-state index contributed by atoms with van der Waals surface area (Å²) < 4.78 is 27.3. The van der Waals surface area contributed by atoms with Gasteiger partial charge in [0.2, 0.25) is 5.91 Å². The molecule has 1 heterocycles. The Morgan fingerprint density at radius 3 is 2.31 bits per heavy atom. The first-order valence-electron chi connectivity index (χ1n) is 8.04. The second kappa shape index (κ2) is 7.74. The van der Waals surface area contributed by atoms with Gasteiger partial charge in [0, 0.05) is 0 Å². The van der Waals surface area contributed by atoms with Crippen LogP contribution < -0.4 is 10.6 Å². The van der Waals surface area contributed by atoms with Gasteiger partial charge in [0.05, 0.1) is 18.3 Å². The van der Waals surface area contributed by atoms with Gasteiger partial charge in [-0.05, 0) is 36.8 Å². The Kier molecular flexibility index (Phi) is 5.22. The van der Waals surface area contributed by atoms with Crippen LogP contribution in [0.2, 0.25) is 0 Å². The highest BCUT2D eigenvalue weighted by Gasteiger charge is 2.09. The number of pyridine rings is 1. The molecule has 2 N–H and O–H groups in total. The quantitative estimate of drug-likeness (QED) is 0.705. The monoisotopic (exact) mass is 353 g/mol. The van der Waals surface area contributed by atoms with Gasteiger partial charge in [-0.3, -0.25) is 4.79 Å². The third-order valence-electron chi connectivity index (χ3n) is 3.75. The Bertz CT molecular complexity index is 889. The second-order valence-electron chi connectivity index (χ2n) is 5.86. The van der Waals surface area contributed by atoms with Crippen LogP contribution in [-0.4, -0.2) is 10.9 Å². The van der Waals surface area contributed by atoms with Gasteiger partial charge >= 0.3 is 0 Å². The maximum absolute atomic E-state index is 13.6. The van der Waals surface area contributed by atoms with E-state index in [1.807, 2.05) is 31.2 Å². The van der Waals surface area contributed by atoms with Gasteiger partial charge in [0.15, 0.2) is 0 Å². The zero-order valence-corrected chi connectivity index (χ0v) is 14.1. The Morgan fingerprint density at radius 2 is 1.69 bits per heavy atom. The SMILES string of the molecule is Cc1ccc(CC(=O)Nc2ccc(Nc3c(F)cccc3F)cn2)cc1. The Hall–Kier alpha value is -3.28. The third kappa shape index (κ3) is 4.42. The van der Waals surface area contributed by atoms with Crippen molar-refractivity contribution >= 4 is 23.1 Å². The zero-order chi connectivity index (χ0) is 18.5. The van der Waals surface area contributed by atoms with Crippen LogP contribution in [0.1, 0.15) is 11.1 Å². The summed E-state index contributed by atoms with van der Waals surface area (Å²) in [5.41, 5.74) is 2.20. The molecule has 0 aliphatic rings. The molecule has 1 aromatic heterocycles. The standard InChI is InChI=1S/C20H17F2N3O/c1-13-5-7-14(8-6-13)11-19(26)25-18-10-9-15(12-23-18)24-20-16(21)3-2-4-17(20)22/h2-10,12,24H,11H2,1H3,(H,23,25,26). The van der Waals surface area contributed by atoms with E-state index in [9.17, 15) is 13.6 Å². The molecule has 132 valence electrons. The number of carbonyl (C=O) groups excluding carboxylic acids is 1. The summed E-state index contributed by atoms with van der Waals surface area (Å²) in [5.74, 6) is -1.22. The van der Waals surface area contributed by atoms with Gasteiger partial charge in [-0.15, -0.1) is 0 Å². The van der Waals surface area contributed by atoms with Gasteiger partial charge < -0.3 is 10.6 Å². The van der Waals surface area contributed by atoms with Crippen molar-refractivity contribution in [3.8, 4) is 0 Å². The fraction of sp³-hybridized carbons (Fsp3) is 0.100. The minimum atomic E-state index is -0.694. The van der Waals surface area contributed by atoms with Crippen molar-refractivity contribution in [2.45, 2.75) is 13.3 Å². The molecule has 0 unspecified atom stereocenters. The van der Waals surface area contributed by atoms with E-state index in [1.165, 1.54) is 24.4 Å². The van der Waals surface area contributed by atoms with E-state index in [4.69, 9.17) is 0 Å². The molecule has 0 aliphatic carbocycles. The molecule has 0 spiro atoms. The van der Waals surface area contributed by atoms with E-state index in [0.717, 1.165) is 11.1 Å². The van der Waals surface area contributed by atoms with E-state index in [2.05, 4.69) is 15.6 Å². The number of nitrogens with one attached hydrogen (secondary N) is 2. The topological polar surface area (TPSA) is 54.0 Å². The maximum atomic E-state index is 13.6. The zero-order valence-electron chi connectivity index (χ0n) is 14.1. The second-order valence-corrected chi connectivity index (χ2v) is 5.86. The van der Waals surface area contributed by atoms with Crippen LogP contribution in [0.3, 0.4) is 0 Å². The van der Waals surface area contributed by atoms with E-state index < -0.39 is 11.6 Å². The summed E-state index contributed by atoms with van der Waals surface area (Å²) in [4.78, 5) is 16.2. The third-order valence-corrected chi connectivity index (χ3v) is 3.75.